The fourth-order valence-electron chi connectivity index (χ4n) is 2.13. The fourth-order valence-corrected chi connectivity index (χ4v) is 2.13. The summed E-state index contributed by atoms with van der Waals surface area (Å²) in [6, 6.07) is 2.72. The Bertz CT molecular complexity index is 651. The van der Waals surface area contributed by atoms with Crippen LogP contribution in [0.1, 0.15) is 35.1 Å². The molecule has 0 saturated carbocycles. The average Bonchev–Trinajstić information content (AvgIpc) is 2.88. The van der Waals surface area contributed by atoms with Crippen molar-refractivity contribution in [1.29, 1.82) is 0 Å². The molecule has 1 heterocycles. The molecule has 0 spiro atoms. The van der Waals surface area contributed by atoms with E-state index in [2.05, 4.69) is 17.2 Å². The summed E-state index contributed by atoms with van der Waals surface area (Å²) in [6.07, 6.45) is 4.65. The summed E-state index contributed by atoms with van der Waals surface area (Å²) in [4.78, 5) is 15.5. The number of halogens is 1. The van der Waals surface area contributed by atoms with E-state index in [9.17, 15) is 9.18 Å². The van der Waals surface area contributed by atoms with Crippen molar-refractivity contribution in [1.82, 2.24) is 9.55 Å². The van der Waals surface area contributed by atoms with Gasteiger partial charge in [-0.15, -0.1) is 0 Å². The molecule has 3 N–H and O–H groups in total. The standard InChI is InChI=1S/C15H19FN4O/c1-3-5-20-6-4-18-14(20)9-19-13-8-11(15(17)21)7-12(16)10(13)2/h4,6-8,19H,3,5,9H2,1-2H3,(H2,17,21). The first-order valence-electron chi connectivity index (χ1n) is 6.86. The summed E-state index contributed by atoms with van der Waals surface area (Å²) in [5.74, 6) is -0.240. The molecule has 1 aromatic carbocycles. The molecule has 0 unspecified atom stereocenters. The van der Waals surface area contributed by atoms with Crippen LogP contribution in [0.25, 0.3) is 0 Å². The maximum Gasteiger partial charge on any atom is 0.248 e. The van der Waals surface area contributed by atoms with Crippen LogP contribution in [0.2, 0.25) is 0 Å². The number of anilines is 1. The molecule has 1 aromatic heterocycles. The van der Waals surface area contributed by atoms with Crippen LogP contribution in [0.3, 0.4) is 0 Å². The number of aromatic nitrogens is 2. The number of carbonyl (C=O) groups excluding carboxylic acids is 1. The van der Waals surface area contributed by atoms with E-state index in [1.807, 2.05) is 10.8 Å². The third-order valence-corrected chi connectivity index (χ3v) is 3.33. The summed E-state index contributed by atoms with van der Waals surface area (Å²) in [6.45, 7) is 5.08. The number of nitrogens with one attached hydrogen (secondary N) is 1. The predicted molar refractivity (Wildman–Crippen MR) is 79.5 cm³/mol. The van der Waals surface area contributed by atoms with Gasteiger partial charge in [-0.25, -0.2) is 9.37 Å². The number of rotatable bonds is 6. The maximum absolute atomic E-state index is 13.8. The molecule has 6 heteroatoms. The molecule has 1 amide bonds. The molecule has 112 valence electrons. The second-order valence-corrected chi connectivity index (χ2v) is 4.89. The molecular formula is C15H19FN4O. The van der Waals surface area contributed by atoms with Gasteiger partial charge in [0.05, 0.1) is 6.54 Å². The monoisotopic (exact) mass is 290 g/mol. The fraction of sp³-hybridized carbons (Fsp3) is 0.333. The van der Waals surface area contributed by atoms with Crippen molar-refractivity contribution in [2.24, 2.45) is 5.73 Å². The quantitative estimate of drug-likeness (QED) is 0.858. The Kier molecular flexibility index (Phi) is 4.57. The maximum atomic E-state index is 13.8. The van der Waals surface area contributed by atoms with E-state index in [1.54, 1.807) is 19.2 Å². The highest BCUT2D eigenvalue weighted by Gasteiger charge is 2.11. The molecule has 0 fully saturated rings. The smallest absolute Gasteiger partial charge is 0.248 e. The summed E-state index contributed by atoms with van der Waals surface area (Å²) in [5.41, 5.74) is 6.36. The first-order chi connectivity index (χ1) is 10.0. The molecular weight excluding hydrogens is 271 g/mol. The number of aryl methyl sites for hydroxylation is 1. The van der Waals surface area contributed by atoms with Crippen LogP contribution >= 0.6 is 0 Å². The normalized spacial score (nSPS) is 10.6. The second kappa shape index (κ2) is 6.39. The summed E-state index contributed by atoms with van der Waals surface area (Å²) >= 11 is 0. The van der Waals surface area contributed by atoms with Crippen LogP contribution in [0.4, 0.5) is 10.1 Å². The number of imidazole rings is 1. The highest BCUT2D eigenvalue weighted by molar-refractivity contribution is 5.94. The molecule has 0 aliphatic heterocycles. The van der Waals surface area contributed by atoms with E-state index in [1.165, 1.54) is 0 Å². The highest BCUT2D eigenvalue weighted by Crippen LogP contribution is 2.21. The topological polar surface area (TPSA) is 72.9 Å². The van der Waals surface area contributed by atoms with Gasteiger partial charge in [-0.05, 0) is 25.5 Å². The zero-order valence-electron chi connectivity index (χ0n) is 12.2. The lowest BCUT2D eigenvalue weighted by Crippen LogP contribution is -2.14. The number of primary amides is 1. The second-order valence-electron chi connectivity index (χ2n) is 4.89. The Morgan fingerprint density at radius 1 is 1.48 bits per heavy atom. The van der Waals surface area contributed by atoms with Crippen molar-refractivity contribution in [3.05, 3.63) is 47.3 Å². The Hall–Kier alpha value is -2.37. The van der Waals surface area contributed by atoms with Gasteiger partial charge in [0.25, 0.3) is 0 Å². The summed E-state index contributed by atoms with van der Waals surface area (Å²) in [5, 5.41) is 3.12. The molecule has 0 aliphatic rings. The Morgan fingerprint density at radius 3 is 2.90 bits per heavy atom. The van der Waals surface area contributed by atoms with Gasteiger partial charge in [-0.3, -0.25) is 4.79 Å². The number of carbonyl (C=O) groups is 1. The van der Waals surface area contributed by atoms with E-state index in [0.717, 1.165) is 24.9 Å². The van der Waals surface area contributed by atoms with E-state index in [0.29, 0.717) is 17.8 Å². The number of benzene rings is 1. The van der Waals surface area contributed by atoms with Gasteiger partial charge in [0.1, 0.15) is 11.6 Å². The van der Waals surface area contributed by atoms with Crippen molar-refractivity contribution >= 4 is 11.6 Å². The Balaban J connectivity index is 2.19. The van der Waals surface area contributed by atoms with Crippen molar-refractivity contribution in [3.63, 3.8) is 0 Å². The number of hydrogen-bond acceptors (Lipinski definition) is 3. The van der Waals surface area contributed by atoms with E-state index >= 15 is 0 Å². The van der Waals surface area contributed by atoms with E-state index in [4.69, 9.17) is 5.73 Å². The van der Waals surface area contributed by atoms with Gasteiger partial charge in [0, 0.05) is 35.8 Å². The molecule has 0 aliphatic carbocycles. The summed E-state index contributed by atoms with van der Waals surface area (Å²) < 4.78 is 15.8. The molecule has 0 saturated heterocycles. The minimum Gasteiger partial charge on any atom is -0.377 e. The Morgan fingerprint density at radius 2 is 2.24 bits per heavy atom. The molecule has 5 nitrogen and oxygen atoms in total. The molecule has 0 radical (unpaired) electrons. The lowest BCUT2D eigenvalue weighted by atomic mass is 10.1. The van der Waals surface area contributed by atoms with Crippen molar-refractivity contribution in [3.8, 4) is 0 Å². The Labute approximate surface area is 123 Å². The predicted octanol–water partition coefficient (Wildman–Crippen LogP) is 2.45. The summed E-state index contributed by atoms with van der Waals surface area (Å²) in [7, 11) is 0. The van der Waals surface area contributed by atoms with Gasteiger partial charge in [0.2, 0.25) is 5.91 Å². The molecule has 2 aromatic rings. The van der Waals surface area contributed by atoms with Crippen LogP contribution in [0.15, 0.2) is 24.5 Å². The van der Waals surface area contributed by atoms with Crippen LogP contribution in [-0.2, 0) is 13.1 Å². The van der Waals surface area contributed by atoms with Gasteiger partial charge in [-0.1, -0.05) is 6.92 Å². The molecule has 2 rings (SSSR count). The van der Waals surface area contributed by atoms with Gasteiger partial charge in [0.15, 0.2) is 0 Å². The minimum absolute atomic E-state index is 0.150. The third-order valence-electron chi connectivity index (χ3n) is 3.33. The highest BCUT2D eigenvalue weighted by atomic mass is 19.1. The van der Waals surface area contributed by atoms with Gasteiger partial charge in [-0.2, -0.15) is 0 Å². The lowest BCUT2D eigenvalue weighted by Gasteiger charge is -2.12. The van der Waals surface area contributed by atoms with Crippen molar-refractivity contribution in [2.75, 3.05) is 5.32 Å². The van der Waals surface area contributed by atoms with Gasteiger partial charge < -0.3 is 15.6 Å². The van der Waals surface area contributed by atoms with E-state index < -0.39 is 11.7 Å². The average molecular weight is 290 g/mol. The lowest BCUT2D eigenvalue weighted by molar-refractivity contribution is 0.1000. The number of nitrogens with zero attached hydrogens (tertiary/aromatic N) is 2. The first-order valence-corrected chi connectivity index (χ1v) is 6.86. The van der Waals surface area contributed by atoms with Crippen molar-refractivity contribution in [2.45, 2.75) is 33.4 Å². The molecule has 0 bridgehead atoms. The van der Waals surface area contributed by atoms with Crippen LogP contribution < -0.4 is 11.1 Å². The zero-order chi connectivity index (χ0) is 15.4. The number of nitrogens with two attached hydrogens (primary N) is 1. The van der Waals surface area contributed by atoms with Crippen molar-refractivity contribution < 1.29 is 9.18 Å². The molecule has 0 atom stereocenters. The zero-order valence-corrected chi connectivity index (χ0v) is 12.2. The number of amides is 1. The minimum atomic E-state index is -0.649. The van der Waals surface area contributed by atoms with E-state index in [-0.39, 0.29) is 5.56 Å². The van der Waals surface area contributed by atoms with Gasteiger partial charge >= 0.3 is 0 Å². The third kappa shape index (κ3) is 3.39. The van der Waals surface area contributed by atoms with Crippen LogP contribution in [0, 0.1) is 12.7 Å². The number of hydrogen-bond donors (Lipinski definition) is 2. The SMILES string of the molecule is CCCn1ccnc1CNc1cc(C(N)=O)cc(F)c1C. The van der Waals surface area contributed by atoms with Crippen LogP contribution in [0.5, 0.6) is 0 Å². The molecule has 21 heavy (non-hydrogen) atoms. The largest absolute Gasteiger partial charge is 0.377 e. The first kappa shape index (κ1) is 15.0. The van der Waals surface area contributed by atoms with Crippen LogP contribution in [-0.4, -0.2) is 15.5 Å².